The Morgan fingerprint density at radius 1 is 1.13 bits per heavy atom. The van der Waals surface area contributed by atoms with Crippen LogP contribution in [0.1, 0.15) is 23.2 Å². The molecule has 152 valence electrons. The van der Waals surface area contributed by atoms with Gasteiger partial charge >= 0.3 is 0 Å². The number of anilines is 1. The lowest BCUT2D eigenvalue weighted by Crippen LogP contribution is -2.12. The fourth-order valence-corrected chi connectivity index (χ4v) is 3.17. The molecule has 0 bridgehead atoms. The van der Waals surface area contributed by atoms with Crippen molar-refractivity contribution in [2.75, 3.05) is 5.32 Å². The van der Waals surface area contributed by atoms with Gasteiger partial charge in [-0.3, -0.25) is 19.4 Å². The number of carbonyl (C=O) groups excluding carboxylic acids is 2. The molecule has 0 fully saturated rings. The Morgan fingerprint density at radius 3 is 2.83 bits per heavy atom. The lowest BCUT2D eigenvalue weighted by Gasteiger charge is -2.07. The summed E-state index contributed by atoms with van der Waals surface area (Å²) in [6.45, 7) is 0.499. The largest absolute Gasteiger partial charge is 0.370 e. The Bertz CT molecular complexity index is 1230. The predicted molar refractivity (Wildman–Crippen MR) is 110 cm³/mol. The van der Waals surface area contributed by atoms with Crippen LogP contribution < -0.4 is 11.1 Å². The molecule has 0 radical (unpaired) electrons. The molecule has 0 aliphatic heterocycles. The normalized spacial score (nSPS) is 11.0. The number of benzene rings is 2. The maximum atomic E-state index is 14.2. The van der Waals surface area contributed by atoms with E-state index in [4.69, 9.17) is 5.73 Å². The Kier molecular flexibility index (Phi) is 5.25. The number of nitrogens with zero attached hydrogens (tertiary/aromatic N) is 3. The highest BCUT2D eigenvalue weighted by atomic mass is 19.1. The van der Waals surface area contributed by atoms with Gasteiger partial charge in [-0.1, -0.05) is 12.1 Å². The number of aromatic nitrogens is 4. The SMILES string of the molecule is NC(=O)CCCn1cc(NC(=O)c2cc(F)cc(-c3ccc4cn[nH]c4c3)c2)cn1. The first-order valence-electron chi connectivity index (χ1n) is 9.34. The summed E-state index contributed by atoms with van der Waals surface area (Å²) in [6, 6.07) is 9.79. The van der Waals surface area contributed by atoms with Crippen molar-refractivity contribution in [1.82, 2.24) is 20.0 Å². The van der Waals surface area contributed by atoms with E-state index in [1.807, 2.05) is 18.2 Å². The van der Waals surface area contributed by atoms with Gasteiger partial charge in [-0.15, -0.1) is 0 Å². The van der Waals surface area contributed by atoms with Crippen molar-refractivity contribution in [2.24, 2.45) is 5.73 Å². The van der Waals surface area contributed by atoms with Crippen LogP contribution in [0.15, 0.2) is 55.0 Å². The van der Waals surface area contributed by atoms with E-state index in [0.717, 1.165) is 16.5 Å². The third-order valence-corrected chi connectivity index (χ3v) is 4.64. The van der Waals surface area contributed by atoms with Crippen LogP contribution in [0.2, 0.25) is 0 Å². The molecule has 4 N–H and O–H groups in total. The number of aromatic amines is 1. The molecule has 0 spiro atoms. The van der Waals surface area contributed by atoms with E-state index in [-0.39, 0.29) is 17.9 Å². The molecule has 0 aliphatic rings. The summed E-state index contributed by atoms with van der Waals surface area (Å²) in [7, 11) is 0. The highest BCUT2D eigenvalue weighted by Crippen LogP contribution is 2.25. The summed E-state index contributed by atoms with van der Waals surface area (Å²) in [6.07, 6.45) is 5.66. The number of amides is 2. The third-order valence-electron chi connectivity index (χ3n) is 4.64. The topological polar surface area (TPSA) is 119 Å². The van der Waals surface area contributed by atoms with Gasteiger partial charge in [0.05, 0.1) is 23.6 Å². The first kappa shape index (κ1) is 19.3. The minimum absolute atomic E-state index is 0.191. The summed E-state index contributed by atoms with van der Waals surface area (Å²) in [4.78, 5) is 23.4. The molecule has 2 amide bonds. The smallest absolute Gasteiger partial charge is 0.255 e. The van der Waals surface area contributed by atoms with Gasteiger partial charge in [0.1, 0.15) is 5.82 Å². The van der Waals surface area contributed by atoms with Gasteiger partial charge in [-0.05, 0) is 41.8 Å². The summed E-state index contributed by atoms with van der Waals surface area (Å²) < 4.78 is 15.8. The standard InChI is InChI=1S/C21H19FN6O2/c22-17-7-15(13-3-4-14-10-24-27-19(14)9-13)6-16(8-17)21(30)26-18-11-25-28(12-18)5-1-2-20(23)29/h3-4,6-12H,1-2,5H2,(H2,23,29)(H,24,27)(H,26,30). The zero-order valence-electron chi connectivity index (χ0n) is 15.9. The maximum absolute atomic E-state index is 14.2. The second-order valence-corrected chi connectivity index (χ2v) is 6.92. The number of hydrogen-bond acceptors (Lipinski definition) is 4. The molecule has 30 heavy (non-hydrogen) atoms. The number of nitrogens with one attached hydrogen (secondary N) is 2. The molecule has 4 rings (SSSR count). The number of rotatable bonds is 7. The van der Waals surface area contributed by atoms with Gasteiger partial charge in [-0.2, -0.15) is 10.2 Å². The van der Waals surface area contributed by atoms with E-state index in [0.29, 0.717) is 24.2 Å². The quantitative estimate of drug-likeness (QED) is 0.437. The zero-order chi connectivity index (χ0) is 21.1. The monoisotopic (exact) mass is 406 g/mol. The van der Waals surface area contributed by atoms with E-state index in [1.165, 1.54) is 18.3 Å². The van der Waals surface area contributed by atoms with Crippen molar-refractivity contribution in [3.05, 3.63) is 66.4 Å². The summed E-state index contributed by atoms with van der Waals surface area (Å²) in [5, 5.41) is 14.7. The number of hydrogen-bond donors (Lipinski definition) is 3. The van der Waals surface area contributed by atoms with Crippen LogP contribution in [-0.4, -0.2) is 31.8 Å². The number of carbonyl (C=O) groups is 2. The number of H-pyrrole nitrogens is 1. The van der Waals surface area contributed by atoms with Crippen LogP contribution in [0.5, 0.6) is 0 Å². The molecule has 9 heteroatoms. The minimum atomic E-state index is -0.510. The molecule has 0 atom stereocenters. The second kappa shape index (κ2) is 8.16. The molecule has 0 saturated carbocycles. The number of aryl methyl sites for hydroxylation is 1. The van der Waals surface area contributed by atoms with Gasteiger partial charge in [0, 0.05) is 30.1 Å². The molecule has 0 unspecified atom stereocenters. The average Bonchev–Trinajstić information content (AvgIpc) is 3.36. The molecular formula is C21H19FN6O2. The lowest BCUT2D eigenvalue weighted by molar-refractivity contribution is -0.118. The Morgan fingerprint density at radius 2 is 2.00 bits per heavy atom. The Hall–Kier alpha value is -4.01. The van der Waals surface area contributed by atoms with Crippen molar-refractivity contribution in [3.8, 4) is 11.1 Å². The minimum Gasteiger partial charge on any atom is -0.370 e. The predicted octanol–water partition coefficient (Wildman–Crippen LogP) is 3.08. The number of halogens is 1. The molecule has 2 aromatic heterocycles. The van der Waals surface area contributed by atoms with Gasteiger partial charge in [0.15, 0.2) is 0 Å². The van der Waals surface area contributed by atoms with E-state index >= 15 is 0 Å². The van der Waals surface area contributed by atoms with Crippen LogP contribution in [0.3, 0.4) is 0 Å². The fourth-order valence-electron chi connectivity index (χ4n) is 3.17. The number of primary amides is 1. The summed E-state index contributed by atoms with van der Waals surface area (Å²) in [5.74, 6) is -1.33. The molecule has 2 aromatic carbocycles. The van der Waals surface area contributed by atoms with Crippen LogP contribution in [0.25, 0.3) is 22.0 Å². The van der Waals surface area contributed by atoms with Crippen molar-refractivity contribution in [3.63, 3.8) is 0 Å². The molecule has 4 aromatic rings. The van der Waals surface area contributed by atoms with Crippen LogP contribution in [0, 0.1) is 5.82 Å². The Labute approximate surface area is 170 Å². The van der Waals surface area contributed by atoms with Crippen molar-refractivity contribution < 1.29 is 14.0 Å². The van der Waals surface area contributed by atoms with E-state index in [1.54, 1.807) is 23.1 Å². The highest BCUT2D eigenvalue weighted by molar-refractivity contribution is 6.05. The molecule has 0 aliphatic carbocycles. The van der Waals surface area contributed by atoms with Gasteiger partial charge in [0.2, 0.25) is 5.91 Å². The summed E-state index contributed by atoms with van der Waals surface area (Å²) in [5.41, 5.74) is 7.96. The second-order valence-electron chi connectivity index (χ2n) is 6.92. The van der Waals surface area contributed by atoms with Gasteiger partial charge in [-0.25, -0.2) is 4.39 Å². The number of nitrogens with two attached hydrogens (primary N) is 1. The Balaban J connectivity index is 1.50. The van der Waals surface area contributed by atoms with Crippen molar-refractivity contribution in [1.29, 1.82) is 0 Å². The highest BCUT2D eigenvalue weighted by Gasteiger charge is 2.12. The first-order valence-corrected chi connectivity index (χ1v) is 9.34. The lowest BCUT2D eigenvalue weighted by atomic mass is 10.0. The first-order chi connectivity index (χ1) is 14.5. The van der Waals surface area contributed by atoms with Crippen LogP contribution in [0.4, 0.5) is 10.1 Å². The third kappa shape index (κ3) is 4.35. The number of fused-ring (bicyclic) bond motifs is 1. The fraction of sp³-hybridized carbons (Fsp3) is 0.143. The molecule has 2 heterocycles. The van der Waals surface area contributed by atoms with Crippen LogP contribution in [-0.2, 0) is 11.3 Å². The van der Waals surface area contributed by atoms with Crippen LogP contribution >= 0.6 is 0 Å². The van der Waals surface area contributed by atoms with Crippen molar-refractivity contribution >= 4 is 28.4 Å². The van der Waals surface area contributed by atoms with E-state index in [2.05, 4.69) is 20.6 Å². The summed E-state index contributed by atoms with van der Waals surface area (Å²) >= 11 is 0. The van der Waals surface area contributed by atoms with Crippen molar-refractivity contribution in [2.45, 2.75) is 19.4 Å². The molecule has 0 saturated heterocycles. The average molecular weight is 406 g/mol. The maximum Gasteiger partial charge on any atom is 0.255 e. The molecule has 8 nitrogen and oxygen atoms in total. The van der Waals surface area contributed by atoms with Gasteiger partial charge in [0.25, 0.3) is 5.91 Å². The zero-order valence-corrected chi connectivity index (χ0v) is 15.9. The molecular weight excluding hydrogens is 387 g/mol. The van der Waals surface area contributed by atoms with E-state index < -0.39 is 11.7 Å². The van der Waals surface area contributed by atoms with E-state index in [9.17, 15) is 14.0 Å². The van der Waals surface area contributed by atoms with Gasteiger partial charge < -0.3 is 11.1 Å².